The molecule has 0 aliphatic rings. The van der Waals surface area contributed by atoms with Crippen LogP contribution in [-0.4, -0.2) is 25.3 Å². The molecule has 2 atom stereocenters. The van der Waals surface area contributed by atoms with E-state index in [9.17, 15) is 0 Å². The molecule has 15 heavy (non-hydrogen) atoms. The highest BCUT2D eigenvalue weighted by atomic mass is 16.5. The van der Waals surface area contributed by atoms with Crippen LogP contribution in [0.2, 0.25) is 0 Å². The second-order valence-electron chi connectivity index (χ2n) is 5.30. The van der Waals surface area contributed by atoms with Gasteiger partial charge in [-0.1, -0.05) is 27.7 Å². The summed E-state index contributed by atoms with van der Waals surface area (Å²) in [5.74, 6) is 1.42. The fourth-order valence-electron chi connectivity index (χ4n) is 1.51. The Bertz CT molecular complexity index is 145. The fraction of sp³-hybridized carbons (Fsp3) is 1.00. The van der Waals surface area contributed by atoms with Gasteiger partial charge in [0.1, 0.15) is 0 Å². The molecule has 0 amide bonds. The lowest BCUT2D eigenvalue weighted by atomic mass is 10.1. The first-order chi connectivity index (χ1) is 6.93. The van der Waals surface area contributed by atoms with Gasteiger partial charge in [-0.25, -0.2) is 0 Å². The maximum absolute atomic E-state index is 5.72. The van der Waals surface area contributed by atoms with Crippen molar-refractivity contribution in [3.63, 3.8) is 0 Å². The van der Waals surface area contributed by atoms with Crippen LogP contribution < -0.4 is 5.32 Å². The molecule has 0 radical (unpaired) electrons. The smallest absolute Gasteiger partial charge is 0.0594 e. The van der Waals surface area contributed by atoms with E-state index in [-0.39, 0.29) is 0 Å². The zero-order valence-corrected chi connectivity index (χ0v) is 11.3. The molecule has 92 valence electrons. The zero-order chi connectivity index (χ0) is 11.8. The van der Waals surface area contributed by atoms with Crippen LogP contribution >= 0.6 is 0 Å². The molecule has 2 unspecified atom stereocenters. The molecule has 0 spiro atoms. The Hall–Kier alpha value is -0.0800. The van der Waals surface area contributed by atoms with Gasteiger partial charge >= 0.3 is 0 Å². The Kier molecular flexibility index (Phi) is 8.07. The van der Waals surface area contributed by atoms with Crippen LogP contribution in [0.25, 0.3) is 0 Å². The van der Waals surface area contributed by atoms with E-state index in [4.69, 9.17) is 4.74 Å². The van der Waals surface area contributed by atoms with E-state index >= 15 is 0 Å². The van der Waals surface area contributed by atoms with Crippen molar-refractivity contribution in [1.29, 1.82) is 0 Å². The summed E-state index contributed by atoms with van der Waals surface area (Å²) in [5, 5.41) is 3.47. The van der Waals surface area contributed by atoms with Crippen molar-refractivity contribution in [2.24, 2.45) is 11.8 Å². The minimum absolute atomic E-state index is 0.390. The van der Waals surface area contributed by atoms with Gasteiger partial charge in [0, 0.05) is 12.6 Å². The van der Waals surface area contributed by atoms with E-state index in [1.165, 1.54) is 0 Å². The second kappa shape index (κ2) is 8.12. The third-order valence-corrected chi connectivity index (χ3v) is 2.77. The number of hydrogen-bond acceptors (Lipinski definition) is 2. The third kappa shape index (κ3) is 8.88. The average molecular weight is 215 g/mol. The fourth-order valence-corrected chi connectivity index (χ4v) is 1.51. The first-order valence-electron chi connectivity index (χ1n) is 6.28. The molecule has 0 fully saturated rings. The van der Waals surface area contributed by atoms with E-state index < -0.39 is 0 Å². The van der Waals surface area contributed by atoms with Crippen molar-refractivity contribution in [2.45, 2.75) is 60.1 Å². The van der Waals surface area contributed by atoms with Crippen LogP contribution in [0.5, 0.6) is 0 Å². The van der Waals surface area contributed by atoms with Gasteiger partial charge in [-0.3, -0.25) is 0 Å². The number of ether oxygens (including phenoxy) is 1. The average Bonchev–Trinajstić information content (AvgIpc) is 2.10. The molecular weight excluding hydrogens is 186 g/mol. The summed E-state index contributed by atoms with van der Waals surface area (Å²) in [6.07, 6.45) is 1.54. The van der Waals surface area contributed by atoms with Crippen molar-refractivity contribution in [1.82, 2.24) is 5.32 Å². The molecule has 2 nitrogen and oxygen atoms in total. The summed E-state index contributed by atoms with van der Waals surface area (Å²) < 4.78 is 5.72. The van der Waals surface area contributed by atoms with Crippen molar-refractivity contribution in [3.05, 3.63) is 0 Å². The highest BCUT2D eigenvalue weighted by molar-refractivity contribution is 4.64. The van der Waals surface area contributed by atoms with Gasteiger partial charge in [0.15, 0.2) is 0 Å². The van der Waals surface area contributed by atoms with Gasteiger partial charge in [0.05, 0.1) is 12.7 Å². The molecule has 0 aromatic carbocycles. The molecule has 0 aromatic heterocycles. The summed E-state index contributed by atoms with van der Waals surface area (Å²) in [6, 6.07) is 0.578. The van der Waals surface area contributed by atoms with Crippen LogP contribution in [0.1, 0.15) is 48.0 Å². The summed E-state index contributed by atoms with van der Waals surface area (Å²) >= 11 is 0. The molecule has 0 saturated carbocycles. The van der Waals surface area contributed by atoms with E-state index in [0.717, 1.165) is 25.5 Å². The Balaban J connectivity index is 3.38. The SMILES string of the molecule is CC(C)CC(C)OCCNC(C)C(C)C. The minimum atomic E-state index is 0.390. The number of rotatable bonds is 8. The summed E-state index contributed by atoms with van der Waals surface area (Å²) in [6.45, 7) is 15.1. The molecule has 0 aromatic rings. The topological polar surface area (TPSA) is 21.3 Å². The lowest BCUT2D eigenvalue weighted by Gasteiger charge is -2.19. The van der Waals surface area contributed by atoms with Gasteiger partial charge in [-0.15, -0.1) is 0 Å². The largest absolute Gasteiger partial charge is 0.377 e. The second-order valence-corrected chi connectivity index (χ2v) is 5.30. The molecule has 0 bridgehead atoms. The maximum atomic E-state index is 5.72. The van der Waals surface area contributed by atoms with E-state index in [1.807, 2.05) is 0 Å². The zero-order valence-electron chi connectivity index (χ0n) is 11.3. The van der Waals surface area contributed by atoms with E-state index in [2.05, 4.69) is 46.9 Å². The Morgan fingerprint density at radius 3 is 2.07 bits per heavy atom. The standard InChI is InChI=1S/C13H29NO/c1-10(2)9-12(5)15-8-7-14-13(6)11(3)4/h10-14H,7-9H2,1-6H3. The quantitative estimate of drug-likeness (QED) is 0.628. The first kappa shape index (κ1) is 14.9. The molecule has 0 aliphatic carbocycles. The minimum Gasteiger partial charge on any atom is -0.377 e. The van der Waals surface area contributed by atoms with Gasteiger partial charge in [0.25, 0.3) is 0 Å². The van der Waals surface area contributed by atoms with Crippen LogP contribution in [0.15, 0.2) is 0 Å². The Labute approximate surface area is 95.8 Å². The van der Waals surface area contributed by atoms with Crippen molar-refractivity contribution >= 4 is 0 Å². The third-order valence-electron chi connectivity index (χ3n) is 2.77. The molecule has 0 aliphatic heterocycles. The number of nitrogens with one attached hydrogen (secondary N) is 1. The van der Waals surface area contributed by atoms with Gasteiger partial charge in [-0.05, 0) is 32.1 Å². The molecule has 0 rings (SSSR count). The van der Waals surface area contributed by atoms with E-state index in [1.54, 1.807) is 0 Å². The Morgan fingerprint density at radius 2 is 1.60 bits per heavy atom. The monoisotopic (exact) mass is 215 g/mol. The van der Waals surface area contributed by atoms with Crippen molar-refractivity contribution < 1.29 is 4.74 Å². The Morgan fingerprint density at radius 1 is 1.00 bits per heavy atom. The van der Waals surface area contributed by atoms with E-state index in [0.29, 0.717) is 18.1 Å². The van der Waals surface area contributed by atoms with Gasteiger partial charge in [-0.2, -0.15) is 0 Å². The predicted octanol–water partition coefficient (Wildman–Crippen LogP) is 3.07. The lowest BCUT2D eigenvalue weighted by Crippen LogP contribution is -2.34. The van der Waals surface area contributed by atoms with Gasteiger partial charge in [0.2, 0.25) is 0 Å². The highest BCUT2D eigenvalue weighted by Gasteiger charge is 2.07. The molecular formula is C13H29NO. The van der Waals surface area contributed by atoms with Crippen LogP contribution in [0, 0.1) is 11.8 Å². The predicted molar refractivity (Wildman–Crippen MR) is 67.2 cm³/mol. The highest BCUT2D eigenvalue weighted by Crippen LogP contribution is 2.07. The maximum Gasteiger partial charge on any atom is 0.0594 e. The normalized spacial score (nSPS) is 16.0. The van der Waals surface area contributed by atoms with Crippen molar-refractivity contribution in [3.8, 4) is 0 Å². The van der Waals surface area contributed by atoms with Crippen LogP contribution in [-0.2, 0) is 4.74 Å². The summed E-state index contributed by atoms with van der Waals surface area (Å²) in [4.78, 5) is 0. The summed E-state index contributed by atoms with van der Waals surface area (Å²) in [7, 11) is 0. The summed E-state index contributed by atoms with van der Waals surface area (Å²) in [5.41, 5.74) is 0. The van der Waals surface area contributed by atoms with Crippen LogP contribution in [0.3, 0.4) is 0 Å². The first-order valence-corrected chi connectivity index (χ1v) is 6.28. The van der Waals surface area contributed by atoms with Crippen LogP contribution in [0.4, 0.5) is 0 Å². The molecule has 1 N–H and O–H groups in total. The van der Waals surface area contributed by atoms with Gasteiger partial charge < -0.3 is 10.1 Å². The molecule has 0 saturated heterocycles. The number of hydrogen-bond donors (Lipinski definition) is 1. The lowest BCUT2D eigenvalue weighted by molar-refractivity contribution is 0.0523. The molecule has 0 heterocycles. The molecule has 2 heteroatoms. The van der Waals surface area contributed by atoms with Crippen molar-refractivity contribution in [2.75, 3.05) is 13.2 Å².